The second-order valence-electron chi connectivity index (χ2n) is 4.09. The number of hydrogen-bond acceptors (Lipinski definition) is 4. The lowest BCUT2D eigenvalue weighted by Gasteiger charge is -2.12. The van der Waals surface area contributed by atoms with Gasteiger partial charge in [-0.1, -0.05) is 23.2 Å². The summed E-state index contributed by atoms with van der Waals surface area (Å²) < 4.78 is 5.78. The molecule has 102 valence electrons. The van der Waals surface area contributed by atoms with E-state index in [1.165, 1.54) is 0 Å². The predicted molar refractivity (Wildman–Crippen MR) is 80.4 cm³/mol. The molecule has 1 heterocycles. The van der Waals surface area contributed by atoms with Crippen molar-refractivity contribution in [3.05, 3.63) is 43.8 Å². The van der Waals surface area contributed by atoms with Gasteiger partial charge in [0.25, 0.3) is 0 Å². The molecule has 0 unspecified atom stereocenters. The summed E-state index contributed by atoms with van der Waals surface area (Å²) in [6, 6.07) is 3.51. The number of nitrogens with two attached hydrogens (primary N) is 1. The molecule has 0 aliphatic heterocycles. The van der Waals surface area contributed by atoms with Crippen molar-refractivity contribution >= 4 is 34.5 Å². The number of halogens is 2. The van der Waals surface area contributed by atoms with Crippen LogP contribution in [-0.2, 0) is 13.0 Å². The Bertz CT molecular complexity index is 572. The van der Waals surface area contributed by atoms with Gasteiger partial charge in [0.15, 0.2) is 0 Å². The van der Waals surface area contributed by atoms with Crippen LogP contribution in [0.2, 0.25) is 10.0 Å². The first-order valence-corrected chi connectivity index (χ1v) is 7.45. The van der Waals surface area contributed by atoms with Gasteiger partial charge in [-0.2, -0.15) is 0 Å². The maximum atomic E-state index is 6.17. The zero-order valence-corrected chi connectivity index (χ0v) is 12.8. The number of aromatic nitrogens is 1. The fourth-order valence-corrected chi connectivity index (χ4v) is 2.99. The second kappa shape index (κ2) is 6.57. The third-order valence-corrected chi connectivity index (χ3v) is 3.94. The molecule has 1 aromatic carbocycles. The van der Waals surface area contributed by atoms with Gasteiger partial charge in [-0.15, -0.1) is 11.3 Å². The lowest BCUT2D eigenvalue weighted by Crippen LogP contribution is -2.06. The van der Waals surface area contributed by atoms with E-state index >= 15 is 0 Å². The molecule has 0 radical (unpaired) electrons. The molecule has 0 atom stereocenters. The van der Waals surface area contributed by atoms with Crippen LogP contribution in [0.25, 0.3) is 0 Å². The maximum Gasteiger partial charge on any atom is 0.141 e. The monoisotopic (exact) mass is 316 g/mol. The lowest BCUT2D eigenvalue weighted by atomic mass is 10.1. The smallest absolute Gasteiger partial charge is 0.141 e. The molecule has 0 fully saturated rings. The van der Waals surface area contributed by atoms with Gasteiger partial charge in [-0.3, -0.25) is 0 Å². The number of nitrogens with zero attached hydrogens (tertiary/aromatic N) is 1. The van der Waals surface area contributed by atoms with Gasteiger partial charge < -0.3 is 10.5 Å². The van der Waals surface area contributed by atoms with Crippen LogP contribution in [-0.4, -0.2) is 11.5 Å². The van der Waals surface area contributed by atoms with Crippen molar-refractivity contribution in [3.8, 4) is 5.75 Å². The summed E-state index contributed by atoms with van der Waals surface area (Å²) in [5.74, 6) is 0.643. The molecule has 1 aromatic heterocycles. The first-order valence-electron chi connectivity index (χ1n) is 5.82. The van der Waals surface area contributed by atoms with Crippen LogP contribution in [0.15, 0.2) is 17.5 Å². The Morgan fingerprint density at radius 3 is 2.79 bits per heavy atom. The van der Waals surface area contributed by atoms with Gasteiger partial charge in [0.1, 0.15) is 17.4 Å². The Kier molecular flexibility index (Phi) is 5.05. The van der Waals surface area contributed by atoms with Gasteiger partial charge in [-0.25, -0.2) is 4.98 Å². The molecule has 3 nitrogen and oxygen atoms in total. The Morgan fingerprint density at radius 2 is 2.16 bits per heavy atom. The van der Waals surface area contributed by atoms with Crippen molar-refractivity contribution in [2.24, 2.45) is 5.73 Å². The van der Waals surface area contributed by atoms with Crippen molar-refractivity contribution in [2.45, 2.75) is 20.0 Å². The number of rotatable bonds is 5. The molecule has 19 heavy (non-hydrogen) atoms. The highest BCUT2D eigenvalue weighted by Crippen LogP contribution is 2.33. The highest BCUT2D eigenvalue weighted by molar-refractivity contribution is 7.09. The van der Waals surface area contributed by atoms with Crippen LogP contribution in [0.4, 0.5) is 0 Å². The predicted octanol–water partition coefficient (Wildman–Crippen LogP) is 3.84. The van der Waals surface area contributed by atoms with E-state index in [1.54, 1.807) is 17.4 Å². The van der Waals surface area contributed by atoms with Gasteiger partial charge in [-0.05, 0) is 37.6 Å². The molecule has 0 bridgehead atoms. The quantitative estimate of drug-likeness (QED) is 0.911. The average Bonchev–Trinajstić information content (AvgIpc) is 2.74. The van der Waals surface area contributed by atoms with Gasteiger partial charge >= 0.3 is 0 Å². The van der Waals surface area contributed by atoms with Crippen LogP contribution in [0.3, 0.4) is 0 Å². The summed E-state index contributed by atoms with van der Waals surface area (Å²) in [7, 11) is 0. The third kappa shape index (κ3) is 3.83. The van der Waals surface area contributed by atoms with E-state index in [-0.39, 0.29) is 0 Å². The van der Waals surface area contributed by atoms with Gasteiger partial charge in [0.2, 0.25) is 0 Å². The Labute approximate surface area is 126 Å². The summed E-state index contributed by atoms with van der Waals surface area (Å²) in [6.07, 6.45) is 0.673. The minimum absolute atomic E-state index is 0.400. The first-order chi connectivity index (χ1) is 9.10. The van der Waals surface area contributed by atoms with Crippen LogP contribution in [0.5, 0.6) is 5.75 Å². The molecule has 2 rings (SSSR count). The highest BCUT2D eigenvalue weighted by atomic mass is 35.5. The summed E-state index contributed by atoms with van der Waals surface area (Å²) in [5, 5.41) is 4.00. The van der Waals surface area contributed by atoms with Crippen LogP contribution < -0.4 is 10.5 Å². The van der Waals surface area contributed by atoms with E-state index in [1.807, 2.05) is 18.4 Å². The molecule has 0 amide bonds. The summed E-state index contributed by atoms with van der Waals surface area (Å²) in [4.78, 5) is 4.35. The molecule has 6 heteroatoms. The highest BCUT2D eigenvalue weighted by Gasteiger charge is 2.11. The second-order valence-corrected chi connectivity index (χ2v) is 5.87. The molecule has 0 saturated carbocycles. The van der Waals surface area contributed by atoms with Crippen molar-refractivity contribution < 1.29 is 4.74 Å². The number of hydrogen-bond donors (Lipinski definition) is 1. The lowest BCUT2D eigenvalue weighted by molar-refractivity contribution is 0.302. The summed E-state index contributed by atoms with van der Waals surface area (Å²) in [5.41, 5.74) is 7.51. The minimum atomic E-state index is 0.400. The Hall–Kier alpha value is -0.810. The van der Waals surface area contributed by atoms with Crippen LogP contribution >= 0.6 is 34.5 Å². The van der Waals surface area contributed by atoms with Crippen molar-refractivity contribution in [2.75, 3.05) is 6.54 Å². The van der Waals surface area contributed by atoms with E-state index in [0.29, 0.717) is 35.4 Å². The van der Waals surface area contributed by atoms with Crippen molar-refractivity contribution in [1.29, 1.82) is 0 Å². The number of thiazole rings is 1. The van der Waals surface area contributed by atoms with E-state index in [4.69, 9.17) is 33.7 Å². The number of aryl methyl sites for hydroxylation is 1. The first kappa shape index (κ1) is 14.6. The van der Waals surface area contributed by atoms with E-state index in [9.17, 15) is 0 Å². The standard InChI is InChI=1S/C13H14Cl2N2OS/c1-8-7-19-12(17-8)6-18-13-9(2-3-16)4-10(14)5-11(13)15/h4-5,7H,2-3,6,16H2,1H3. The normalized spacial score (nSPS) is 10.7. The molecule has 0 spiro atoms. The summed E-state index contributed by atoms with van der Waals surface area (Å²) in [6.45, 7) is 2.87. The number of ether oxygens (including phenoxy) is 1. The molecule has 2 aromatic rings. The van der Waals surface area contributed by atoms with Gasteiger partial charge in [0.05, 0.1) is 5.02 Å². The molecule has 0 aliphatic rings. The van der Waals surface area contributed by atoms with Crippen molar-refractivity contribution in [1.82, 2.24) is 4.98 Å². The molecule has 2 N–H and O–H groups in total. The summed E-state index contributed by atoms with van der Waals surface area (Å²) >= 11 is 13.7. The maximum absolute atomic E-state index is 6.17. The zero-order valence-electron chi connectivity index (χ0n) is 10.5. The topological polar surface area (TPSA) is 48.1 Å². The van der Waals surface area contributed by atoms with Crippen LogP contribution in [0.1, 0.15) is 16.3 Å². The average molecular weight is 317 g/mol. The Morgan fingerprint density at radius 1 is 1.37 bits per heavy atom. The fraction of sp³-hybridized carbons (Fsp3) is 0.308. The van der Waals surface area contributed by atoms with Crippen molar-refractivity contribution in [3.63, 3.8) is 0 Å². The molecule has 0 aliphatic carbocycles. The van der Waals surface area contributed by atoms with Gasteiger partial charge in [0, 0.05) is 16.1 Å². The van der Waals surface area contributed by atoms with E-state index in [0.717, 1.165) is 16.3 Å². The minimum Gasteiger partial charge on any atom is -0.485 e. The number of benzene rings is 1. The SMILES string of the molecule is Cc1csc(COc2c(Cl)cc(Cl)cc2CCN)n1. The van der Waals surface area contributed by atoms with E-state index < -0.39 is 0 Å². The third-order valence-electron chi connectivity index (χ3n) is 2.51. The zero-order chi connectivity index (χ0) is 13.8. The molecular weight excluding hydrogens is 303 g/mol. The molecular formula is C13H14Cl2N2OS. The van der Waals surface area contributed by atoms with Crippen LogP contribution in [0, 0.1) is 6.92 Å². The Balaban J connectivity index is 2.18. The molecule has 0 saturated heterocycles. The largest absolute Gasteiger partial charge is 0.485 e. The van der Waals surface area contributed by atoms with E-state index in [2.05, 4.69) is 4.98 Å². The fourth-order valence-electron chi connectivity index (χ4n) is 1.72.